The minimum absolute atomic E-state index is 0.0426. The minimum Gasteiger partial charge on any atom is -0.488 e. The maximum atomic E-state index is 13.2. The summed E-state index contributed by atoms with van der Waals surface area (Å²) in [5.41, 5.74) is 0.974. The summed E-state index contributed by atoms with van der Waals surface area (Å²) < 4.78 is 18.8. The molecule has 0 saturated heterocycles. The van der Waals surface area contributed by atoms with Crippen LogP contribution in [0.25, 0.3) is 0 Å². The first kappa shape index (κ1) is 15.0. The third kappa shape index (κ3) is 3.59. The fraction of sp³-hybridized carbons (Fsp3) is 0.125. The van der Waals surface area contributed by atoms with E-state index in [4.69, 9.17) is 21.6 Å². The standard InChI is InChI=1S/C16H11ClFNO2/c1-10(20)14-7-13(17)3-5-16(14)21-9-11-2-4-15(18)12(6-11)8-19/h2-7H,9H2,1H3. The largest absolute Gasteiger partial charge is 0.488 e. The van der Waals surface area contributed by atoms with Gasteiger partial charge in [0.25, 0.3) is 0 Å². The number of benzene rings is 2. The highest BCUT2D eigenvalue weighted by molar-refractivity contribution is 6.31. The second-order valence-corrected chi connectivity index (χ2v) is 4.85. The van der Waals surface area contributed by atoms with Crippen LogP contribution in [0.2, 0.25) is 5.02 Å². The van der Waals surface area contributed by atoms with Crippen molar-refractivity contribution in [2.45, 2.75) is 13.5 Å². The zero-order chi connectivity index (χ0) is 15.4. The molecule has 0 heterocycles. The van der Waals surface area contributed by atoms with Crippen molar-refractivity contribution in [2.75, 3.05) is 0 Å². The number of carbonyl (C=O) groups is 1. The Morgan fingerprint density at radius 1 is 1.33 bits per heavy atom. The molecule has 0 spiro atoms. The van der Waals surface area contributed by atoms with Crippen molar-refractivity contribution in [1.29, 1.82) is 5.26 Å². The molecule has 2 rings (SSSR count). The molecule has 0 saturated carbocycles. The topological polar surface area (TPSA) is 50.1 Å². The second-order valence-electron chi connectivity index (χ2n) is 4.41. The number of carbonyl (C=O) groups excluding carboxylic acids is 1. The van der Waals surface area contributed by atoms with Crippen LogP contribution in [0.3, 0.4) is 0 Å². The number of Topliss-reactive ketones (excluding diaryl/α,β-unsaturated/α-hetero) is 1. The van der Waals surface area contributed by atoms with Crippen LogP contribution in [0.15, 0.2) is 36.4 Å². The molecule has 21 heavy (non-hydrogen) atoms. The molecular formula is C16H11ClFNO2. The van der Waals surface area contributed by atoms with E-state index in [1.165, 1.54) is 31.2 Å². The number of nitrogens with zero attached hydrogens (tertiary/aromatic N) is 1. The van der Waals surface area contributed by atoms with Crippen molar-refractivity contribution in [1.82, 2.24) is 0 Å². The fourth-order valence-corrected chi connectivity index (χ4v) is 1.98. The smallest absolute Gasteiger partial charge is 0.163 e. The summed E-state index contributed by atoms with van der Waals surface area (Å²) in [7, 11) is 0. The average molecular weight is 304 g/mol. The van der Waals surface area contributed by atoms with Crippen LogP contribution in [0.4, 0.5) is 4.39 Å². The Morgan fingerprint density at radius 3 is 2.76 bits per heavy atom. The van der Waals surface area contributed by atoms with E-state index in [1.54, 1.807) is 18.2 Å². The van der Waals surface area contributed by atoms with Crippen LogP contribution in [0.5, 0.6) is 5.75 Å². The Hall–Kier alpha value is -2.38. The first-order valence-corrected chi connectivity index (χ1v) is 6.51. The Kier molecular flexibility index (Phi) is 4.56. The quantitative estimate of drug-likeness (QED) is 0.798. The lowest BCUT2D eigenvalue weighted by Gasteiger charge is -2.10. The first-order chi connectivity index (χ1) is 10.0. The van der Waals surface area contributed by atoms with Crippen molar-refractivity contribution in [3.63, 3.8) is 0 Å². The third-order valence-electron chi connectivity index (χ3n) is 2.87. The summed E-state index contributed by atoms with van der Waals surface area (Å²) in [6, 6.07) is 10.7. The van der Waals surface area contributed by atoms with E-state index < -0.39 is 5.82 Å². The van der Waals surface area contributed by atoms with Gasteiger partial charge in [0.1, 0.15) is 24.2 Å². The Balaban J connectivity index is 2.21. The molecule has 0 radical (unpaired) electrons. The molecule has 106 valence electrons. The molecule has 0 amide bonds. The van der Waals surface area contributed by atoms with Crippen LogP contribution in [0.1, 0.15) is 28.4 Å². The molecule has 0 aromatic heterocycles. The molecule has 0 unspecified atom stereocenters. The molecule has 0 aliphatic rings. The second kappa shape index (κ2) is 6.38. The van der Waals surface area contributed by atoms with Gasteiger partial charge in [-0.1, -0.05) is 17.7 Å². The fourth-order valence-electron chi connectivity index (χ4n) is 1.81. The van der Waals surface area contributed by atoms with Gasteiger partial charge in [0.05, 0.1) is 11.1 Å². The van der Waals surface area contributed by atoms with Crippen molar-refractivity contribution in [2.24, 2.45) is 0 Å². The van der Waals surface area contributed by atoms with Gasteiger partial charge in [0, 0.05) is 5.02 Å². The van der Waals surface area contributed by atoms with Gasteiger partial charge in [0.15, 0.2) is 5.78 Å². The Bertz CT molecular complexity index is 738. The van der Waals surface area contributed by atoms with Crippen LogP contribution in [-0.2, 0) is 6.61 Å². The molecule has 2 aromatic rings. The van der Waals surface area contributed by atoms with E-state index in [9.17, 15) is 9.18 Å². The van der Waals surface area contributed by atoms with Crippen LogP contribution in [-0.4, -0.2) is 5.78 Å². The predicted molar refractivity (Wildman–Crippen MR) is 76.9 cm³/mol. The number of nitriles is 1. The van der Waals surface area contributed by atoms with Gasteiger partial charge in [0.2, 0.25) is 0 Å². The number of rotatable bonds is 4. The highest BCUT2D eigenvalue weighted by Crippen LogP contribution is 2.24. The number of halogens is 2. The number of hydrogen-bond donors (Lipinski definition) is 0. The molecule has 2 aromatic carbocycles. The maximum absolute atomic E-state index is 13.2. The molecule has 0 aliphatic carbocycles. The summed E-state index contributed by atoms with van der Waals surface area (Å²) in [5, 5.41) is 9.23. The normalized spacial score (nSPS) is 10.0. The average Bonchev–Trinajstić information content (AvgIpc) is 2.47. The molecule has 0 atom stereocenters. The molecule has 5 heteroatoms. The highest BCUT2D eigenvalue weighted by Gasteiger charge is 2.10. The van der Waals surface area contributed by atoms with E-state index in [-0.39, 0.29) is 18.0 Å². The van der Waals surface area contributed by atoms with Crippen LogP contribution in [0, 0.1) is 17.1 Å². The molecule has 0 bridgehead atoms. The van der Waals surface area contributed by atoms with Crippen molar-refractivity contribution in [3.8, 4) is 11.8 Å². The molecule has 0 aliphatic heterocycles. The van der Waals surface area contributed by atoms with Crippen LogP contribution < -0.4 is 4.74 Å². The van der Waals surface area contributed by atoms with E-state index in [1.807, 2.05) is 0 Å². The van der Waals surface area contributed by atoms with Crippen molar-refractivity contribution in [3.05, 3.63) is 63.9 Å². The molecule has 0 N–H and O–H groups in total. The third-order valence-corrected chi connectivity index (χ3v) is 3.10. The van der Waals surface area contributed by atoms with Crippen LogP contribution >= 0.6 is 11.6 Å². The van der Waals surface area contributed by atoms with E-state index in [0.717, 1.165) is 0 Å². The Morgan fingerprint density at radius 2 is 2.10 bits per heavy atom. The van der Waals surface area contributed by atoms with E-state index in [2.05, 4.69) is 0 Å². The van der Waals surface area contributed by atoms with E-state index in [0.29, 0.717) is 21.9 Å². The first-order valence-electron chi connectivity index (χ1n) is 6.13. The van der Waals surface area contributed by atoms with Crippen molar-refractivity contribution >= 4 is 17.4 Å². The zero-order valence-electron chi connectivity index (χ0n) is 11.2. The van der Waals surface area contributed by atoms with Gasteiger partial charge in [-0.05, 0) is 42.8 Å². The monoisotopic (exact) mass is 303 g/mol. The lowest BCUT2D eigenvalue weighted by molar-refractivity contribution is 0.101. The number of hydrogen-bond acceptors (Lipinski definition) is 3. The summed E-state index contributed by atoms with van der Waals surface area (Å²) in [6.07, 6.45) is 0. The summed E-state index contributed by atoms with van der Waals surface area (Å²) in [4.78, 5) is 11.5. The van der Waals surface area contributed by atoms with Gasteiger partial charge in [-0.25, -0.2) is 4.39 Å². The van der Waals surface area contributed by atoms with Gasteiger partial charge in [-0.2, -0.15) is 5.26 Å². The predicted octanol–water partition coefficient (Wildman–Crippen LogP) is 4.13. The lowest BCUT2D eigenvalue weighted by Crippen LogP contribution is -2.02. The number of ether oxygens (including phenoxy) is 1. The summed E-state index contributed by atoms with van der Waals surface area (Å²) >= 11 is 5.85. The van der Waals surface area contributed by atoms with Gasteiger partial charge < -0.3 is 4.74 Å². The zero-order valence-corrected chi connectivity index (χ0v) is 11.9. The summed E-state index contributed by atoms with van der Waals surface area (Å²) in [5.74, 6) is -0.337. The lowest BCUT2D eigenvalue weighted by atomic mass is 10.1. The highest BCUT2D eigenvalue weighted by atomic mass is 35.5. The van der Waals surface area contributed by atoms with E-state index >= 15 is 0 Å². The van der Waals surface area contributed by atoms with Gasteiger partial charge in [-0.15, -0.1) is 0 Å². The minimum atomic E-state index is -0.572. The van der Waals surface area contributed by atoms with Gasteiger partial charge in [-0.3, -0.25) is 4.79 Å². The molecule has 0 fully saturated rings. The van der Waals surface area contributed by atoms with Crippen molar-refractivity contribution < 1.29 is 13.9 Å². The maximum Gasteiger partial charge on any atom is 0.163 e. The molecule has 3 nitrogen and oxygen atoms in total. The Labute approximate surface area is 126 Å². The van der Waals surface area contributed by atoms with Gasteiger partial charge >= 0.3 is 0 Å². The number of ketones is 1. The molecular weight excluding hydrogens is 293 g/mol. The summed E-state index contributed by atoms with van der Waals surface area (Å²) in [6.45, 7) is 1.54. The SMILES string of the molecule is CC(=O)c1cc(Cl)ccc1OCc1ccc(F)c(C#N)c1.